The molecule has 0 saturated carbocycles. The summed E-state index contributed by atoms with van der Waals surface area (Å²) in [5.74, 6) is 0. The van der Waals surface area contributed by atoms with Gasteiger partial charge in [-0.25, -0.2) is 13.2 Å². The average Bonchev–Trinajstić information content (AvgIpc) is 2.72. The van der Waals surface area contributed by atoms with Crippen molar-refractivity contribution in [3.8, 4) is 0 Å². The van der Waals surface area contributed by atoms with Crippen molar-refractivity contribution in [2.75, 3.05) is 27.2 Å². The third-order valence-electron chi connectivity index (χ3n) is 6.65. The molecular formula is C25H35F3N4O2. The fourth-order valence-electron chi connectivity index (χ4n) is 4.92. The molecule has 1 aliphatic rings. The van der Waals surface area contributed by atoms with Gasteiger partial charge in [0, 0.05) is 62.2 Å². The molecule has 0 aliphatic carbocycles. The summed E-state index contributed by atoms with van der Waals surface area (Å²) in [5.41, 5.74) is -0.450. The Balaban J connectivity index is 1.73. The minimum absolute atomic E-state index is 0.0357. The summed E-state index contributed by atoms with van der Waals surface area (Å²) in [7, 11) is 3.45. The molecule has 3 unspecified atom stereocenters. The Morgan fingerprint density at radius 3 is 2.38 bits per heavy atom. The fourth-order valence-corrected chi connectivity index (χ4v) is 4.92. The molecule has 0 aromatic carbocycles. The van der Waals surface area contributed by atoms with Crippen molar-refractivity contribution in [2.45, 2.75) is 70.4 Å². The first-order valence-corrected chi connectivity index (χ1v) is 11.7. The molecule has 188 valence electrons. The van der Waals surface area contributed by atoms with Crippen molar-refractivity contribution in [1.82, 2.24) is 18.9 Å². The summed E-state index contributed by atoms with van der Waals surface area (Å²) in [6, 6.07) is 5.71. The van der Waals surface area contributed by atoms with E-state index in [1.54, 1.807) is 40.7 Å². The smallest absolute Gasteiger partial charge is 0.251 e. The number of nitrogens with zero attached hydrogens (tertiary/aromatic N) is 4. The number of halogens is 3. The molecule has 2 aromatic heterocycles. The van der Waals surface area contributed by atoms with Gasteiger partial charge in [0.2, 0.25) is 0 Å². The summed E-state index contributed by atoms with van der Waals surface area (Å²) < 4.78 is 44.4. The minimum Gasteiger partial charge on any atom is -0.313 e. The van der Waals surface area contributed by atoms with Crippen LogP contribution in [0.2, 0.25) is 0 Å². The van der Waals surface area contributed by atoms with Gasteiger partial charge >= 0.3 is 0 Å². The third-order valence-corrected chi connectivity index (χ3v) is 6.65. The maximum Gasteiger partial charge on any atom is 0.251 e. The fraction of sp³-hybridized carbons (Fsp3) is 0.600. The van der Waals surface area contributed by atoms with Crippen LogP contribution in [-0.4, -0.2) is 64.3 Å². The van der Waals surface area contributed by atoms with Crippen LogP contribution in [-0.2, 0) is 13.0 Å². The normalized spacial score (nSPS) is 21.9. The SMILES string of the molecule is CC(C)n1ccc(CC2(F)CN(C)C2CC(C)n2cc(CN(C)CC(F)F)ccc2=O)cc1=O. The van der Waals surface area contributed by atoms with E-state index >= 15 is 4.39 Å². The van der Waals surface area contributed by atoms with Gasteiger partial charge in [-0.2, -0.15) is 0 Å². The van der Waals surface area contributed by atoms with E-state index in [1.165, 1.54) is 17.0 Å². The molecule has 0 bridgehead atoms. The molecule has 1 aliphatic heterocycles. The van der Waals surface area contributed by atoms with E-state index in [1.807, 2.05) is 32.7 Å². The highest BCUT2D eigenvalue weighted by molar-refractivity contribution is 5.20. The van der Waals surface area contributed by atoms with Crippen LogP contribution in [0.4, 0.5) is 13.2 Å². The van der Waals surface area contributed by atoms with Gasteiger partial charge < -0.3 is 9.13 Å². The first-order chi connectivity index (χ1) is 15.9. The zero-order valence-corrected chi connectivity index (χ0v) is 20.5. The second-order valence-electron chi connectivity index (χ2n) is 9.97. The maximum absolute atomic E-state index is 15.9. The van der Waals surface area contributed by atoms with Crippen molar-refractivity contribution in [1.29, 1.82) is 0 Å². The van der Waals surface area contributed by atoms with Crippen LogP contribution in [0.1, 0.15) is 50.4 Å². The van der Waals surface area contributed by atoms with Crippen molar-refractivity contribution in [2.24, 2.45) is 0 Å². The lowest BCUT2D eigenvalue weighted by molar-refractivity contribution is -0.0897. The summed E-state index contributed by atoms with van der Waals surface area (Å²) in [6.45, 7) is 5.90. The Kier molecular flexibility index (Phi) is 8.08. The van der Waals surface area contributed by atoms with Crippen LogP contribution in [0.25, 0.3) is 0 Å². The van der Waals surface area contributed by atoms with E-state index in [9.17, 15) is 18.4 Å². The number of aromatic nitrogens is 2. The molecule has 9 heteroatoms. The Bertz CT molecular complexity index is 1100. The van der Waals surface area contributed by atoms with Gasteiger partial charge in [0.05, 0.1) is 6.54 Å². The highest BCUT2D eigenvalue weighted by Gasteiger charge is 2.51. The second kappa shape index (κ2) is 10.5. The van der Waals surface area contributed by atoms with Gasteiger partial charge in [-0.15, -0.1) is 0 Å². The molecule has 2 aromatic rings. The summed E-state index contributed by atoms with van der Waals surface area (Å²) in [5, 5.41) is 0. The molecule has 3 heterocycles. The maximum atomic E-state index is 15.9. The van der Waals surface area contributed by atoms with Gasteiger partial charge in [0.15, 0.2) is 0 Å². The van der Waals surface area contributed by atoms with Crippen molar-refractivity contribution in [3.63, 3.8) is 0 Å². The molecule has 0 spiro atoms. The molecule has 3 rings (SSSR count). The van der Waals surface area contributed by atoms with Crippen LogP contribution in [0.3, 0.4) is 0 Å². The molecule has 3 atom stereocenters. The lowest BCUT2D eigenvalue weighted by atomic mass is 9.78. The quantitative estimate of drug-likeness (QED) is 0.522. The van der Waals surface area contributed by atoms with Crippen LogP contribution >= 0.6 is 0 Å². The molecule has 1 saturated heterocycles. The molecule has 34 heavy (non-hydrogen) atoms. The largest absolute Gasteiger partial charge is 0.313 e. The topological polar surface area (TPSA) is 50.5 Å². The van der Waals surface area contributed by atoms with Gasteiger partial charge in [-0.3, -0.25) is 19.4 Å². The molecule has 0 radical (unpaired) electrons. The van der Waals surface area contributed by atoms with Crippen molar-refractivity contribution in [3.05, 3.63) is 68.5 Å². The Hall–Kier alpha value is -2.39. The molecule has 0 amide bonds. The van der Waals surface area contributed by atoms with Crippen LogP contribution < -0.4 is 11.1 Å². The number of hydrogen-bond acceptors (Lipinski definition) is 4. The summed E-state index contributed by atoms with van der Waals surface area (Å²) in [6.07, 6.45) is 1.50. The second-order valence-corrected chi connectivity index (χ2v) is 9.97. The predicted octanol–water partition coefficient (Wildman–Crippen LogP) is 3.50. The summed E-state index contributed by atoms with van der Waals surface area (Å²) >= 11 is 0. The minimum atomic E-state index is -2.43. The molecule has 6 nitrogen and oxygen atoms in total. The predicted molar refractivity (Wildman–Crippen MR) is 127 cm³/mol. The zero-order chi connectivity index (χ0) is 25.2. The number of rotatable bonds is 10. The molecule has 0 N–H and O–H groups in total. The molecular weight excluding hydrogens is 445 g/mol. The Labute approximate surface area is 198 Å². The van der Waals surface area contributed by atoms with Crippen molar-refractivity contribution >= 4 is 0 Å². The van der Waals surface area contributed by atoms with E-state index in [4.69, 9.17) is 0 Å². The number of pyridine rings is 2. The zero-order valence-electron chi connectivity index (χ0n) is 20.5. The standard InChI is InChI=1S/C25H35F3N4O2/c1-17(2)31-9-8-19(11-24(31)34)12-25(28)16-30(5)21(25)10-18(3)32-14-20(6-7-23(32)33)13-29(4)15-22(26)27/h6-9,11,14,17-18,21-22H,10,12-13,15-16H2,1-5H3. The molecule has 1 fully saturated rings. The Morgan fingerprint density at radius 1 is 1.09 bits per heavy atom. The van der Waals surface area contributed by atoms with E-state index in [-0.39, 0.29) is 49.3 Å². The van der Waals surface area contributed by atoms with Gasteiger partial charge in [-0.1, -0.05) is 6.07 Å². The van der Waals surface area contributed by atoms with E-state index in [0.717, 1.165) is 5.56 Å². The number of likely N-dealkylation sites (tertiary alicyclic amines) is 1. The van der Waals surface area contributed by atoms with Gasteiger partial charge in [-0.05, 0) is 58.5 Å². The Morgan fingerprint density at radius 2 is 1.79 bits per heavy atom. The van der Waals surface area contributed by atoms with E-state index in [0.29, 0.717) is 12.0 Å². The van der Waals surface area contributed by atoms with Crippen LogP contribution in [0, 0.1) is 0 Å². The number of hydrogen-bond donors (Lipinski definition) is 0. The lowest BCUT2D eigenvalue weighted by Gasteiger charge is -2.52. The highest BCUT2D eigenvalue weighted by Crippen LogP contribution is 2.39. The van der Waals surface area contributed by atoms with E-state index < -0.39 is 18.1 Å². The average molecular weight is 481 g/mol. The third kappa shape index (κ3) is 5.99. The first-order valence-electron chi connectivity index (χ1n) is 11.7. The lowest BCUT2D eigenvalue weighted by Crippen LogP contribution is -2.67. The van der Waals surface area contributed by atoms with Crippen molar-refractivity contribution < 1.29 is 13.2 Å². The first kappa shape index (κ1) is 26.2. The summed E-state index contributed by atoms with van der Waals surface area (Å²) in [4.78, 5) is 28.3. The van der Waals surface area contributed by atoms with Crippen LogP contribution in [0.5, 0.6) is 0 Å². The highest BCUT2D eigenvalue weighted by atomic mass is 19.3. The van der Waals surface area contributed by atoms with Gasteiger partial charge in [0.1, 0.15) is 5.67 Å². The number of alkyl halides is 3. The van der Waals surface area contributed by atoms with Crippen LogP contribution in [0.15, 0.2) is 46.2 Å². The van der Waals surface area contributed by atoms with Gasteiger partial charge in [0.25, 0.3) is 17.5 Å². The monoisotopic (exact) mass is 480 g/mol. The van der Waals surface area contributed by atoms with E-state index in [2.05, 4.69) is 0 Å².